The molecule has 10 heteroatoms. The summed E-state index contributed by atoms with van der Waals surface area (Å²) < 4.78 is 53.4. The Hall–Kier alpha value is -3.43. The van der Waals surface area contributed by atoms with Crippen LogP contribution in [-0.2, 0) is 4.74 Å². The monoisotopic (exact) mass is 453 g/mol. The van der Waals surface area contributed by atoms with Crippen molar-refractivity contribution in [3.63, 3.8) is 0 Å². The van der Waals surface area contributed by atoms with Gasteiger partial charge in [-0.25, -0.2) is 9.59 Å². The van der Waals surface area contributed by atoms with Crippen LogP contribution >= 0.6 is 0 Å². The fourth-order valence-electron chi connectivity index (χ4n) is 3.05. The van der Waals surface area contributed by atoms with Crippen molar-refractivity contribution >= 4 is 12.1 Å². The van der Waals surface area contributed by atoms with Gasteiger partial charge in [-0.2, -0.15) is 0 Å². The van der Waals surface area contributed by atoms with Gasteiger partial charge in [0, 0.05) is 5.56 Å². The Morgan fingerprint density at radius 3 is 2.31 bits per heavy atom. The van der Waals surface area contributed by atoms with E-state index in [1.807, 2.05) is 0 Å². The molecule has 1 amide bonds. The highest BCUT2D eigenvalue weighted by molar-refractivity contribution is 5.90. The predicted molar refractivity (Wildman–Crippen MR) is 108 cm³/mol. The number of ether oxygens (including phenoxy) is 3. The molecule has 1 aliphatic rings. The van der Waals surface area contributed by atoms with Crippen LogP contribution in [0.25, 0.3) is 11.1 Å². The Labute approximate surface area is 182 Å². The molecule has 1 fully saturated rings. The van der Waals surface area contributed by atoms with E-state index in [1.165, 1.54) is 41.3 Å². The highest BCUT2D eigenvalue weighted by atomic mass is 19.4. The molecule has 2 aromatic rings. The van der Waals surface area contributed by atoms with Crippen molar-refractivity contribution in [2.24, 2.45) is 0 Å². The van der Waals surface area contributed by atoms with E-state index in [-0.39, 0.29) is 35.5 Å². The second-order valence-corrected chi connectivity index (χ2v) is 8.22. The number of carbonyl (C=O) groups excluding carboxylic acids is 1. The van der Waals surface area contributed by atoms with Crippen LogP contribution in [0.5, 0.6) is 11.5 Å². The fraction of sp³-hybridized carbons (Fsp3) is 0.364. The number of alkyl halides is 3. The maximum atomic E-state index is 12.8. The predicted octanol–water partition coefficient (Wildman–Crippen LogP) is 4.95. The first-order chi connectivity index (χ1) is 14.8. The van der Waals surface area contributed by atoms with Crippen molar-refractivity contribution in [2.45, 2.75) is 38.8 Å². The summed E-state index contributed by atoms with van der Waals surface area (Å²) in [6.45, 7) is 5.71. The fourth-order valence-corrected chi connectivity index (χ4v) is 3.05. The standard InChI is InChI=1S/C22H22F3NO6/c1-21(2,3)32-20(29)26-11-16(12-26)30-15-9-13(8-14(10-15)19(27)28)17-6-4-5-7-18(17)31-22(23,24)25/h4-10,16H,11-12H2,1-3H3,(H,27,28). The average Bonchev–Trinajstić information content (AvgIpc) is 2.61. The van der Waals surface area contributed by atoms with E-state index in [0.29, 0.717) is 0 Å². The molecule has 0 spiro atoms. The molecule has 1 aliphatic heterocycles. The van der Waals surface area contributed by atoms with E-state index >= 15 is 0 Å². The Morgan fingerprint density at radius 1 is 1.06 bits per heavy atom. The number of amides is 1. The summed E-state index contributed by atoms with van der Waals surface area (Å²) >= 11 is 0. The highest BCUT2D eigenvalue weighted by Crippen LogP contribution is 2.36. The summed E-state index contributed by atoms with van der Waals surface area (Å²) in [4.78, 5) is 25.0. The second kappa shape index (κ2) is 8.60. The number of nitrogens with zero attached hydrogens (tertiary/aromatic N) is 1. The van der Waals surface area contributed by atoms with Crippen LogP contribution in [0.3, 0.4) is 0 Å². The lowest BCUT2D eigenvalue weighted by molar-refractivity contribution is -0.274. The Balaban J connectivity index is 1.81. The molecule has 0 saturated carbocycles. The van der Waals surface area contributed by atoms with Gasteiger partial charge >= 0.3 is 18.4 Å². The van der Waals surface area contributed by atoms with E-state index in [9.17, 15) is 27.9 Å². The number of hydrogen-bond acceptors (Lipinski definition) is 5. The largest absolute Gasteiger partial charge is 0.573 e. The van der Waals surface area contributed by atoms with Crippen molar-refractivity contribution in [1.29, 1.82) is 0 Å². The molecule has 172 valence electrons. The van der Waals surface area contributed by atoms with Crippen LogP contribution < -0.4 is 9.47 Å². The number of likely N-dealkylation sites (tertiary alicyclic amines) is 1. The number of carboxylic acids is 1. The van der Waals surface area contributed by atoms with Crippen molar-refractivity contribution < 1.29 is 42.1 Å². The first-order valence-electron chi connectivity index (χ1n) is 9.69. The van der Waals surface area contributed by atoms with Crippen molar-refractivity contribution in [2.75, 3.05) is 13.1 Å². The number of para-hydroxylation sites is 1. The number of halogens is 3. The molecule has 0 aromatic heterocycles. The third-order valence-electron chi connectivity index (χ3n) is 4.38. The molecular formula is C22H22F3NO6. The SMILES string of the molecule is CC(C)(C)OC(=O)N1CC(Oc2cc(C(=O)O)cc(-c3ccccc3OC(F)(F)F)c2)C1. The Bertz CT molecular complexity index is 1010. The molecule has 1 heterocycles. The highest BCUT2D eigenvalue weighted by Gasteiger charge is 2.35. The third-order valence-corrected chi connectivity index (χ3v) is 4.38. The van der Waals surface area contributed by atoms with E-state index in [0.717, 1.165) is 6.07 Å². The lowest BCUT2D eigenvalue weighted by Gasteiger charge is -2.39. The zero-order valence-electron chi connectivity index (χ0n) is 17.6. The summed E-state index contributed by atoms with van der Waals surface area (Å²) in [5.74, 6) is -1.58. The van der Waals surface area contributed by atoms with Crippen LogP contribution in [0.1, 0.15) is 31.1 Å². The van der Waals surface area contributed by atoms with Gasteiger partial charge in [0.25, 0.3) is 0 Å². The maximum Gasteiger partial charge on any atom is 0.573 e. The average molecular weight is 453 g/mol. The van der Waals surface area contributed by atoms with Gasteiger partial charge in [-0.1, -0.05) is 18.2 Å². The molecular weight excluding hydrogens is 431 g/mol. The normalized spacial score (nSPS) is 14.5. The second-order valence-electron chi connectivity index (χ2n) is 8.22. The summed E-state index contributed by atoms with van der Waals surface area (Å²) in [5.41, 5.74) is -0.563. The minimum Gasteiger partial charge on any atom is -0.487 e. The summed E-state index contributed by atoms with van der Waals surface area (Å²) in [7, 11) is 0. The number of hydrogen-bond donors (Lipinski definition) is 1. The molecule has 32 heavy (non-hydrogen) atoms. The maximum absolute atomic E-state index is 12.8. The summed E-state index contributed by atoms with van der Waals surface area (Å²) in [5, 5.41) is 9.43. The molecule has 1 saturated heterocycles. The molecule has 0 atom stereocenters. The number of carbonyl (C=O) groups is 2. The number of benzene rings is 2. The van der Waals surface area contributed by atoms with Crippen LogP contribution in [0.4, 0.5) is 18.0 Å². The van der Waals surface area contributed by atoms with Crippen LogP contribution in [0.2, 0.25) is 0 Å². The zero-order valence-corrected chi connectivity index (χ0v) is 17.6. The van der Waals surface area contributed by atoms with E-state index in [1.54, 1.807) is 20.8 Å². The lowest BCUT2D eigenvalue weighted by atomic mass is 10.0. The molecule has 0 bridgehead atoms. The molecule has 0 aliphatic carbocycles. The number of aromatic carboxylic acids is 1. The molecule has 7 nitrogen and oxygen atoms in total. The Morgan fingerprint density at radius 2 is 1.72 bits per heavy atom. The summed E-state index contributed by atoms with van der Waals surface area (Å²) in [6.07, 6.45) is -5.81. The van der Waals surface area contributed by atoms with Crippen LogP contribution in [0.15, 0.2) is 42.5 Å². The molecule has 3 rings (SSSR count). The molecule has 0 unspecified atom stereocenters. The van der Waals surface area contributed by atoms with E-state index < -0.39 is 35.9 Å². The van der Waals surface area contributed by atoms with Gasteiger partial charge < -0.3 is 24.2 Å². The van der Waals surface area contributed by atoms with Gasteiger partial charge in [0.2, 0.25) is 0 Å². The summed E-state index contributed by atoms with van der Waals surface area (Å²) in [6, 6.07) is 9.36. The topological polar surface area (TPSA) is 85.3 Å². The zero-order chi connectivity index (χ0) is 23.7. The van der Waals surface area contributed by atoms with E-state index in [4.69, 9.17) is 9.47 Å². The van der Waals surface area contributed by atoms with Crippen molar-refractivity contribution in [3.8, 4) is 22.6 Å². The third kappa shape index (κ3) is 6.05. The lowest BCUT2D eigenvalue weighted by Crippen LogP contribution is -2.57. The minimum atomic E-state index is -4.91. The van der Waals surface area contributed by atoms with Gasteiger partial charge in [0.1, 0.15) is 23.2 Å². The first kappa shape index (κ1) is 23.2. The quantitative estimate of drug-likeness (QED) is 0.690. The minimum absolute atomic E-state index is 0.0572. The number of rotatable bonds is 5. The van der Waals surface area contributed by atoms with Crippen molar-refractivity contribution in [3.05, 3.63) is 48.0 Å². The molecule has 2 aromatic carbocycles. The Kier molecular flexibility index (Phi) is 6.25. The first-order valence-corrected chi connectivity index (χ1v) is 9.69. The van der Waals surface area contributed by atoms with Crippen LogP contribution in [0, 0.1) is 0 Å². The van der Waals surface area contributed by atoms with Crippen molar-refractivity contribution in [1.82, 2.24) is 4.90 Å². The smallest absolute Gasteiger partial charge is 0.487 e. The van der Waals surface area contributed by atoms with E-state index in [2.05, 4.69) is 4.74 Å². The number of carboxylic acid groups (broad SMARTS) is 1. The molecule has 1 N–H and O–H groups in total. The van der Waals surface area contributed by atoms with Gasteiger partial charge in [0.15, 0.2) is 0 Å². The van der Waals surface area contributed by atoms with Crippen LogP contribution in [-0.4, -0.2) is 53.2 Å². The molecule has 0 radical (unpaired) electrons. The van der Waals surface area contributed by atoms with Gasteiger partial charge in [-0.05, 0) is 50.6 Å². The van der Waals surface area contributed by atoms with Gasteiger partial charge in [-0.15, -0.1) is 13.2 Å². The van der Waals surface area contributed by atoms with Gasteiger partial charge in [0.05, 0.1) is 18.7 Å². The van der Waals surface area contributed by atoms with Gasteiger partial charge in [-0.3, -0.25) is 0 Å².